The molecule has 0 bridgehead atoms. The van der Waals surface area contributed by atoms with E-state index < -0.39 is 0 Å². The Morgan fingerprint density at radius 1 is 0.500 bits per heavy atom. The van der Waals surface area contributed by atoms with Crippen molar-refractivity contribution >= 4 is 55.6 Å². The summed E-state index contributed by atoms with van der Waals surface area (Å²) in [5.41, 5.74) is 12.2. The highest BCUT2D eigenvalue weighted by atomic mass is 16.3. The van der Waals surface area contributed by atoms with Crippen molar-refractivity contribution < 1.29 is 4.42 Å². The van der Waals surface area contributed by atoms with Crippen LogP contribution in [0.1, 0.15) is 38.8 Å². The van der Waals surface area contributed by atoms with Gasteiger partial charge in [0.15, 0.2) is 0 Å². The zero-order valence-electron chi connectivity index (χ0n) is 26.6. The van der Waals surface area contributed by atoms with Gasteiger partial charge in [-0.1, -0.05) is 117 Å². The molecule has 220 valence electrons. The van der Waals surface area contributed by atoms with E-state index in [4.69, 9.17) is 4.42 Å². The third-order valence-corrected chi connectivity index (χ3v) is 10.4. The van der Waals surface area contributed by atoms with Gasteiger partial charge in [-0.15, -0.1) is 0 Å². The second-order valence-corrected chi connectivity index (χ2v) is 13.1. The van der Waals surface area contributed by atoms with Crippen LogP contribution in [-0.4, -0.2) is 0 Å². The highest BCUT2D eigenvalue weighted by Gasteiger charge is 2.36. The van der Waals surface area contributed by atoms with E-state index in [0.29, 0.717) is 0 Å². The zero-order valence-corrected chi connectivity index (χ0v) is 26.6. The van der Waals surface area contributed by atoms with Crippen molar-refractivity contribution in [1.29, 1.82) is 0 Å². The van der Waals surface area contributed by atoms with Crippen LogP contribution in [0.15, 0.2) is 126 Å². The highest BCUT2D eigenvalue weighted by Crippen LogP contribution is 2.51. The maximum atomic E-state index is 6.50. The van der Waals surface area contributed by atoms with Gasteiger partial charge in [0.05, 0.1) is 0 Å². The molecule has 1 aliphatic rings. The fourth-order valence-electron chi connectivity index (χ4n) is 8.21. The van der Waals surface area contributed by atoms with Gasteiger partial charge < -0.3 is 4.42 Å². The Morgan fingerprint density at radius 3 is 1.85 bits per heavy atom. The third-order valence-electron chi connectivity index (χ3n) is 10.4. The topological polar surface area (TPSA) is 13.1 Å². The van der Waals surface area contributed by atoms with E-state index in [-0.39, 0.29) is 5.41 Å². The smallest absolute Gasteiger partial charge is 0.143 e. The van der Waals surface area contributed by atoms with Crippen LogP contribution in [0.3, 0.4) is 0 Å². The molecule has 0 fully saturated rings. The summed E-state index contributed by atoms with van der Waals surface area (Å²) < 4.78 is 6.50. The Hall–Kier alpha value is -5.40. The molecule has 0 atom stereocenters. The number of hydrogen-bond acceptors (Lipinski definition) is 1. The van der Waals surface area contributed by atoms with Gasteiger partial charge in [-0.05, 0) is 115 Å². The van der Waals surface area contributed by atoms with Crippen LogP contribution in [0, 0.1) is 0 Å². The number of para-hydroxylation sites is 1. The predicted molar refractivity (Wildman–Crippen MR) is 197 cm³/mol. The average Bonchev–Trinajstić information content (AvgIpc) is 3.58. The van der Waals surface area contributed by atoms with Crippen LogP contribution in [0.5, 0.6) is 0 Å². The molecule has 7 aromatic carbocycles. The van der Waals surface area contributed by atoms with E-state index in [2.05, 4.69) is 155 Å². The first-order valence-electron chi connectivity index (χ1n) is 16.3. The van der Waals surface area contributed by atoms with Crippen molar-refractivity contribution in [1.82, 2.24) is 0 Å². The molecule has 0 unspecified atom stereocenters. The normalized spacial score (nSPS) is 14.5. The van der Waals surface area contributed by atoms with Gasteiger partial charge in [0.2, 0.25) is 0 Å². The van der Waals surface area contributed by atoms with Crippen LogP contribution in [0.4, 0.5) is 0 Å². The molecule has 1 heteroatoms. The summed E-state index contributed by atoms with van der Waals surface area (Å²) in [5, 5.41) is 9.85. The van der Waals surface area contributed by atoms with Crippen LogP contribution in [0.25, 0.3) is 89.0 Å². The minimum absolute atomic E-state index is 0.110. The first-order valence-corrected chi connectivity index (χ1v) is 16.3. The zero-order chi connectivity index (χ0) is 31.2. The standard InChI is InChI=1S/C45H34O/c1-5-30-31(6-2)43(34-18-11-10-17-33(34)42(30)27-14-8-7-9-15-27)29-21-23-39-37(24-29)38-26-36-28(25-40(38)45(39,3)4)20-22-35-32-16-12-13-19-41(32)46-44(35)36/h5-26H,1-4H3/b30-5+,31-6+. The maximum absolute atomic E-state index is 6.50. The number of rotatable bonds is 2. The summed E-state index contributed by atoms with van der Waals surface area (Å²) in [6.45, 7) is 9.06. The van der Waals surface area contributed by atoms with E-state index in [1.165, 1.54) is 87.3 Å². The molecule has 1 nitrogen and oxygen atoms in total. The van der Waals surface area contributed by atoms with Crippen molar-refractivity contribution in [3.8, 4) is 33.4 Å². The van der Waals surface area contributed by atoms with Crippen molar-refractivity contribution in [2.45, 2.75) is 33.1 Å². The van der Waals surface area contributed by atoms with Gasteiger partial charge in [-0.3, -0.25) is 0 Å². The Morgan fingerprint density at radius 2 is 1.13 bits per heavy atom. The van der Waals surface area contributed by atoms with E-state index in [0.717, 1.165) is 11.2 Å². The first-order chi connectivity index (χ1) is 22.5. The molecular formula is C45H34O. The molecule has 9 rings (SSSR count). The van der Waals surface area contributed by atoms with E-state index >= 15 is 0 Å². The highest BCUT2D eigenvalue weighted by molar-refractivity contribution is 6.16. The Balaban J connectivity index is 1.34. The Bertz CT molecular complexity index is 2670. The lowest BCUT2D eigenvalue weighted by Gasteiger charge is -2.22. The van der Waals surface area contributed by atoms with E-state index in [9.17, 15) is 0 Å². The molecule has 0 N–H and O–H groups in total. The van der Waals surface area contributed by atoms with Gasteiger partial charge in [-0.25, -0.2) is 0 Å². The van der Waals surface area contributed by atoms with Crippen molar-refractivity contribution in [3.63, 3.8) is 0 Å². The van der Waals surface area contributed by atoms with Gasteiger partial charge in [0.25, 0.3) is 0 Å². The number of hydrogen-bond donors (Lipinski definition) is 0. The molecule has 0 aliphatic heterocycles. The molecule has 8 aromatic rings. The third kappa shape index (κ3) is 3.63. The maximum Gasteiger partial charge on any atom is 0.143 e. The van der Waals surface area contributed by atoms with Crippen LogP contribution in [-0.2, 0) is 5.41 Å². The molecule has 1 heterocycles. The summed E-state index contributed by atoms with van der Waals surface area (Å²) in [5.74, 6) is 0. The molecule has 0 saturated heterocycles. The van der Waals surface area contributed by atoms with Crippen LogP contribution in [0.2, 0.25) is 0 Å². The Kier molecular flexibility index (Phi) is 5.74. The number of benzene rings is 7. The summed E-state index contributed by atoms with van der Waals surface area (Å²) in [6, 6.07) is 44.5. The van der Waals surface area contributed by atoms with Gasteiger partial charge in [0.1, 0.15) is 11.2 Å². The van der Waals surface area contributed by atoms with Crippen molar-refractivity contribution in [2.24, 2.45) is 0 Å². The molecular weight excluding hydrogens is 556 g/mol. The average molecular weight is 591 g/mol. The molecule has 46 heavy (non-hydrogen) atoms. The predicted octanol–water partition coefficient (Wildman–Crippen LogP) is 11.1. The molecule has 1 aromatic heterocycles. The van der Waals surface area contributed by atoms with Gasteiger partial charge >= 0.3 is 0 Å². The van der Waals surface area contributed by atoms with Crippen LogP contribution < -0.4 is 10.4 Å². The minimum Gasteiger partial charge on any atom is -0.455 e. The monoisotopic (exact) mass is 590 g/mol. The van der Waals surface area contributed by atoms with Gasteiger partial charge in [0, 0.05) is 21.6 Å². The lowest BCUT2D eigenvalue weighted by Crippen LogP contribution is -2.29. The first kappa shape index (κ1) is 27.0. The van der Waals surface area contributed by atoms with E-state index in [1.807, 2.05) is 6.07 Å². The molecule has 0 amide bonds. The molecule has 0 radical (unpaired) electrons. The minimum atomic E-state index is -0.110. The van der Waals surface area contributed by atoms with Crippen molar-refractivity contribution in [3.05, 3.63) is 143 Å². The second kappa shape index (κ2) is 9.80. The lowest BCUT2D eigenvalue weighted by molar-refractivity contribution is 0.661. The fraction of sp³-hybridized carbons (Fsp3) is 0.111. The van der Waals surface area contributed by atoms with E-state index in [1.54, 1.807) is 0 Å². The molecule has 0 saturated carbocycles. The van der Waals surface area contributed by atoms with Crippen molar-refractivity contribution in [2.75, 3.05) is 0 Å². The quantitative estimate of drug-likeness (QED) is 0.195. The number of fused-ring (bicyclic) bond motifs is 9. The number of furan rings is 1. The largest absolute Gasteiger partial charge is 0.455 e. The Labute approximate surface area is 268 Å². The SMILES string of the molecule is C/C=c1/c(-c2ccccc2)c2ccccc2c(-c2ccc3c(c2)-c2cc4c(ccc5c6ccccc6oc45)cc2C3(C)C)/c1=C/C. The fourth-order valence-corrected chi connectivity index (χ4v) is 8.21. The molecule has 1 aliphatic carbocycles. The lowest BCUT2D eigenvalue weighted by atomic mass is 9.81. The van der Waals surface area contributed by atoms with Gasteiger partial charge in [-0.2, -0.15) is 0 Å². The summed E-state index contributed by atoms with van der Waals surface area (Å²) in [7, 11) is 0. The molecule has 0 spiro atoms. The second-order valence-electron chi connectivity index (χ2n) is 13.1. The summed E-state index contributed by atoms with van der Waals surface area (Å²) >= 11 is 0. The summed E-state index contributed by atoms with van der Waals surface area (Å²) in [4.78, 5) is 0. The summed E-state index contributed by atoms with van der Waals surface area (Å²) in [6.07, 6.45) is 4.57. The van der Waals surface area contributed by atoms with Crippen LogP contribution >= 0.6 is 0 Å².